The van der Waals surface area contributed by atoms with Crippen LogP contribution in [0.2, 0.25) is 0 Å². The lowest BCUT2D eigenvalue weighted by atomic mass is 9.71. The third-order valence-electron chi connectivity index (χ3n) is 7.05. The fourth-order valence-electron chi connectivity index (χ4n) is 5.29. The molecule has 1 aromatic heterocycles. The molecule has 1 heterocycles. The van der Waals surface area contributed by atoms with E-state index in [-0.39, 0.29) is 16.5 Å². The molecule has 0 saturated carbocycles. The summed E-state index contributed by atoms with van der Waals surface area (Å²) in [7, 11) is 0. The number of benzene rings is 4. The highest BCUT2D eigenvalue weighted by Gasteiger charge is 2.45. The molecule has 7 heteroatoms. The summed E-state index contributed by atoms with van der Waals surface area (Å²) in [5.74, 6) is -0.296. The molecule has 0 amide bonds. The van der Waals surface area contributed by atoms with Crippen molar-refractivity contribution < 1.29 is 10.1 Å². The van der Waals surface area contributed by atoms with Crippen molar-refractivity contribution in [3.8, 4) is 11.1 Å². The molecule has 6 nitrogen and oxygen atoms in total. The monoisotopic (exact) mass is 562 g/mol. The van der Waals surface area contributed by atoms with Crippen molar-refractivity contribution >= 4 is 32.7 Å². The first-order valence-electron chi connectivity index (χ1n) is 12.2. The Morgan fingerprint density at radius 3 is 2.08 bits per heavy atom. The van der Waals surface area contributed by atoms with Gasteiger partial charge < -0.3 is 5.21 Å². The molecule has 0 saturated heterocycles. The maximum absolute atomic E-state index is 11.8. The summed E-state index contributed by atoms with van der Waals surface area (Å²) >= 11 is 3.51. The molecule has 1 aliphatic rings. The van der Waals surface area contributed by atoms with Gasteiger partial charge in [0.2, 0.25) is 0 Å². The van der Waals surface area contributed by atoms with Gasteiger partial charge in [-0.2, -0.15) is 0 Å². The zero-order chi connectivity index (χ0) is 26.1. The molecule has 0 spiro atoms. The van der Waals surface area contributed by atoms with Crippen molar-refractivity contribution in [3.05, 3.63) is 148 Å². The predicted octanol–water partition coefficient (Wildman–Crippen LogP) is 6.70. The predicted molar refractivity (Wildman–Crippen MR) is 152 cm³/mol. The zero-order valence-corrected chi connectivity index (χ0v) is 21.8. The van der Waals surface area contributed by atoms with Crippen LogP contribution in [0.1, 0.15) is 11.1 Å². The van der Waals surface area contributed by atoms with Crippen molar-refractivity contribution in [3.63, 3.8) is 0 Å². The molecule has 0 radical (unpaired) electrons. The summed E-state index contributed by atoms with van der Waals surface area (Å²) in [4.78, 5) is -0.128. The number of hydrogen-bond donors (Lipinski definition) is 1. The van der Waals surface area contributed by atoms with E-state index in [0.29, 0.717) is 4.48 Å². The highest BCUT2D eigenvalue weighted by Crippen LogP contribution is 2.45. The number of para-hydroxylation sites is 1. The Kier molecular flexibility index (Phi) is 6.13. The number of aromatic nitrogens is 3. The van der Waals surface area contributed by atoms with Crippen LogP contribution in [-0.2, 0) is 5.54 Å². The van der Waals surface area contributed by atoms with E-state index in [1.54, 1.807) is 6.08 Å². The summed E-state index contributed by atoms with van der Waals surface area (Å²) in [5.41, 5.74) is 5.16. The molecule has 6 rings (SSSR count). The van der Waals surface area contributed by atoms with Gasteiger partial charge in [0.1, 0.15) is 11.1 Å². The second-order valence-electron chi connectivity index (χ2n) is 9.12. The summed E-state index contributed by atoms with van der Waals surface area (Å²) in [6, 6.07) is 36.8. The topological polar surface area (TPSA) is 77.0 Å². The quantitative estimate of drug-likeness (QED) is 0.147. The minimum Gasteiger partial charge on any atom is -0.417 e. The van der Waals surface area contributed by atoms with E-state index in [1.165, 1.54) is 0 Å². The fraction of sp³-hybridized carbons (Fsp3) is 0.0645. The molecule has 2 atom stereocenters. The smallest absolute Gasteiger partial charge is 0.281 e. The molecule has 1 aliphatic carbocycles. The molecule has 1 N–H and O–H groups in total. The maximum atomic E-state index is 11.8. The summed E-state index contributed by atoms with van der Waals surface area (Å²) < 4.78 is 2.47. The Morgan fingerprint density at radius 1 is 0.789 bits per heavy atom. The third kappa shape index (κ3) is 3.92. The summed E-state index contributed by atoms with van der Waals surface area (Å²) in [5, 5.41) is 30.6. The van der Waals surface area contributed by atoms with E-state index < -0.39 is 5.54 Å². The number of hydrogen-bond acceptors (Lipinski definition) is 4. The fourth-order valence-corrected chi connectivity index (χ4v) is 5.86. The molecule has 186 valence electrons. The second-order valence-corrected chi connectivity index (χ2v) is 9.98. The van der Waals surface area contributed by atoms with Crippen LogP contribution in [0.15, 0.2) is 132 Å². The van der Waals surface area contributed by atoms with Crippen LogP contribution in [0, 0.1) is 11.1 Å². The van der Waals surface area contributed by atoms with Crippen LogP contribution in [0.3, 0.4) is 0 Å². The number of halogens is 1. The molecule has 2 unspecified atom stereocenters. The Balaban J connectivity index is 1.66. The van der Waals surface area contributed by atoms with Gasteiger partial charge in [-0.3, -0.25) is 5.21 Å². The van der Waals surface area contributed by atoms with Gasteiger partial charge in [-0.25, -0.2) is 4.68 Å². The first kappa shape index (κ1) is 23.9. The van der Waals surface area contributed by atoms with Crippen molar-refractivity contribution in [1.82, 2.24) is 15.0 Å². The van der Waals surface area contributed by atoms with Crippen molar-refractivity contribution in [2.45, 2.75) is 5.54 Å². The van der Waals surface area contributed by atoms with Gasteiger partial charge in [0.05, 0.1) is 10.00 Å². The molecule has 0 aliphatic heterocycles. The lowest BCUT2D eigenvalue weighted by Crippen LogP contribution is -2.44. The van der Waals surface area contributed by atoms with Gasteiger partial charge in [-0.15, -0.1) is 5.10 Å². The van der Waals surface area contributed by atoms with Gasteiger partial charge in [0.15, 0.2) is 0 Å². The lowest BCUT2D eigenvalue weighted by Gasteiger charge is -2.40. The van der Waals surface area contributed by atoms with E-state index in [1.807, 2.05) is 77.5 Å². The van der Waals surface area contributed by atoms with Crippen molar-refractivity contribution in [2.24, 2.45) is 5.92 Å². The van der Waals surface area contributed by atoms with Crippen LogP contribution in [0.4, 0.5) is 0 Å². The first-order chi connectivity index (χ1) is 18.6. The Bertz CT molecular complexity index is 1690. The minimum atomic E-state index is -0.864. The van der Waals surface area contributed by atoms with E-state index in [9.17, 15) is 10.4 Å². The molecule has 4 aromatic carbocycles. The SMILES string of the molecule is [O-]/[N+](O)=C1/C=CC(C(c2ccccc2)(c2ccc(-c3ccccc3)cc2)n2nnc3ccccc32)C=C1Br. The van der Waals surface area contributed by atoms with Crippen LogP contribution in [-0.4, -0.2) is 30.8 Å². The van der Waals surface area contributed by atoms with E-state index in [0.717, 1.165) is 33.3 Å². The molecule has 38 heavy (non-hydrogen) atoms. The Hall–Kier alpha value is -4.49. The second kappa shape index (κ2) is 9.76. The average molecular weight is 563 g/mol. The van der Waals surface area contributed by atoms with Gasteiger partial charge >= 0.3 is 0 Å². The van der Waals surface area contributed by atoms with E-state index in [4.69, 9.17) is 5.21 Å². The van der Waals surface area contributed by atoms with Gasteiger partial charge in [-0.05, 0) is 50.3 Å². The van der Waals surface area contributed by atoms with Crippen molar-refractivity contribution in [1.29, 1.82) is 0 Å². The molecule has 5 aromatic rings. The van der Waals surface area contributed by atoms with Gasteiger partial charge in [0.25, 0.3) is 5.71 Å². The van der Waals surface area contributed by atoms with E-state index >= 15 is 0 Å². The maximum Gasteiger partial charge on any atom is 0.281 e. The number of rotatable bonds is 5. The summed E-state index contributed by atoms with van der Waals surface area (Å²) in [6.45, 7) is 0. The van der Waals surface area contributed by atoms with Crippen LogP contribution in [0.25, 0.3) is 22.2 Å². The van der Waals surface area contributed by atoms with Crippen molar-refractivity contribution in [2.75, 3.05) is 0 Å². The zero-order valence-electron chi connectivity index (χ0n) is 20.2. The Morgan fingerprint density at radius 2 is 1.39 bits per heavy atom. The van der Waals surface area contributed by atoms with Crippen LogP contribution in [0.5, 0.6) is 0 Å². The Labute approximate surface area is 228 Å². The molecular formula is C31H23BrN4O2. The third-order valence-corrected chi connectivity index (χ3v) is 7.72. The highest BCUT2D eigenvalue weighted by atomic mass is 79.9. The van der Waals surface area contributed by atoms with Gasteiger partial charge in [0, 0.05) is 16.9 Å². The first-order valence-corrected chi connectivity index (χ1v) is 13.0. The molecule has 0 bridgehead atoms. The standard InChI is InChI=1S/C31H23BrN4O2/c32-27-21-26(19-20-29(27)36(37)38)31(24-11-5-2-6-12-24,35-30-14-8-7-13-28(30)33-34-35)25-17-15-23(16-18-25)22-9-3-1-4-10-22/h1-21,26H,(H,37,38). The number of allylic oxidation sites excluding steroid dienone is 4. The van der Waals surface area contributed by atoms with Crippen LogP contribution >= 0.6 is 15.9 Å². The average Bonchev–Trinajstić information content (AvgIpc) is 3.39. The van der Waals surface area contributed by atoms with Gasteiger partial charge in [-0.1, -0.05) is 114 Å². The van der Waals surface area contributed by atoms with Crippen LogP contribution < -0.4 is 0 Å². The number of fused-ring (bicyclic) bond motifs is 1. The van der Waals surface area contributed by atoms with E-state index in [2.05, 4.69) is 69.6 Å². The highest BCUT2D eigenvalue weighted by molar-refractivity contribution is 9.12. The number of nitrogens with zero attached hydrogens (tertiary/aromatic N) is 4. The molecule has 0 fully saturated rings. The lowest BCUT2D eigenvalue weighted by molar-refractivity contribution is -0.725. The normalized spacial score (nSPS) is 18.1. The summed E-state index contributed by atoms with van der Waals surface area (Å²) in [6.07, 6.45) is 5.50. The largest absolute Gasteiger partial charge is 0.417 e. The molecular weight excluding hydrogens is 540 g/mol. The minimum absolute atomic E-state index is 0.128.